The molecule has 1 aromatic rings. The number of nitrogens with one attached hydrogen (secondary N) is 1. The van der Waals surface area contributed by atoms with E-state index in [4.69, 9.17) is 0 Å². The summed E-state index contributed by atoms with van der Waals surface area (Å²) in [5.41, 5.74) is 0. The molecule has 106 valence electrons. The second-order valence-corrected chi connectivity index (χ2v) is 5.99. The Balaban J connectivity index is 1.83. The first-order valence-corrected chi connectivity index (χ1v) is 7.95. The van der Waals surface area contributed by atoms with Crippen LogP contribution < -0.4 is 5.32 Å². The molecule has 1 amide bonds. The second-order valence-electron chi connectivity index (χ2n) is 5.04. The molecule has 1 heterocycles. The number of aromatic nitrogens is 3. The normalized spacial score (nSPS) is 14.9. The standard InChI is InChI=1S/C13H22N4OS/c1-4-10(5-2)14-11(18)8-19-13-16-15-12(17(13)3)9-6-7-9/h9-10H,4-8H2,1-3H3,(H,14,18). The van der Waals surface area contributed by atoms with Crippen molar-refractivity contribution in [3.05, 3.63) is 5.82 Å². The Labute approximate surface area is 118 Å². The smallest absolute Gasteiger partial charge is 0.230 e. The van der Waals surface area contributed by atoms with Gasteiger partial charge in [-0.2, -0.15) is 0 Å². The van der Waals surface area contributed by atoms with Gasteiger partial charge in [0.2, 0.25) is 5.91 Å². The fraction of sp³-hybridized carbons (Fsp3) is 0.769. The van der Waals surface area contributed by atoms with Gasteiger partial charge < -0.3 is 9.88 Å². The fourth-order valence-corrected chi connectivity index (χ4v) is 2.77. The largest absolute Gasteiger partial charge is 0.353 e. The van der Waals surface area contributed by atoms with Crippen LogP contribution in [0.1, 0.15) is 51.3 Å². The van der Waals surface area contributed by atoms with E-state index in [1.165, 1.54) is 24.6 Å². The first kappa shape index (κ1) is 14.4. The molecule has 1 N–H and O–H groups in total. The molecule has 0 atom stereocenters. The van der Waals surface area contributed by atoms with Crippen molar-refractivity contribution in [2.75, 3.05) is 5.75 Å². The summed E-state index contributed by atoms with van der Waals surface area (Å²) in [5, 5.41) is 12.2. The third-order valence-corrected chi connectivity index (χ3v) is 4.51. The van der Waals surface area contributed by atoms with Gasteiger partial charge in [0.15, 0.2) is 5.16 Å². The molecule has 1 aliphatic rings. The van der Waals surface area contributed by atoms with E-state index in [0.717, 1.165) is 23.8 Å². The summed E-state index contributed by atoms with van der Waals surface area (Å²) in [4.78, 5) is 11.8. The van der Waals surface area contributed by atoms with Crippen molar-refractivity contribution in [3.8, 4) is 0 Å². The van der Waals surface area contributed by atoms with E-state index in [2.05, 4.69) is 29.4 Å². The van der Waals surface area contributed by atoms with Gasteiger partial charge in [0.25, 0.3) is 0 Å². The number of carbonyl (C=O) groups is 1. The molecule has 0 unspecified atom stereocenters. The third kappa shape index (κ3) is 3.72. The number of amides is 1. The molecule has 6 heteroatoms. The fourth-order valence-electron chi connectivity index (χ4n) is 2.04. The molecule has 0 saturated heterocycles. The Morgan fingerprint density at radius 3 is 2.68 bits per heavy atom. The summed E-state index contributed by atoms with van der Waals surface area (Å²) in [6.07, 6.45) is 4.38. The maximum absolute atomic E-state index is 11.8. The Morgan fingerprint density at radius 1 is 1.42 bits per heavy atom. The van der Waals surface area contributed by atoms with Gasteiger partial charge in [0.1, 0.15) is 5.82 Å². The van der Waals surface area contributed by atoms with Crippen LogP contribution in [0.15, 0.2) is 5.16 Å². The molecule has 19 heavy (non-hydrogen) atoms. The molecule has 0 radical (unpaired) electrons. The number of hydrogen-bond donors (Lipinski definition) is 1. The molecule has 0 aliphatic heterocycles. The predicted octanol–water partition coefficient (Wildman–Crippen LogP) is 2.09. The molecule has 1 aliphatic carbocycles. The summed E-state index contributed by atoms with van der Waals surface area (Å²) < 4.78 is 2.02. The first-order valence-electron chi connectivity index (χ1n) is 6.97. The monoisotopic (exact) mass is 282 g/mol. The molecule has 0 spiro atoms. The summed E-state index contributed by atoms with van der Waals surface area (Å²) in [6, 6.07) is 0.287. The number of hydrogen-bond acceptors (Lipinski definition) is 4. The van der Waals surface area contributed by atoms with Crippen molar-refractivity contribution in [1.29, 1.82) is 0 Å². The predicted molar refractivity (Wildman–Crippen MR) is 76.2 cm³/mol. The van der Waals surface area contributed by atoms with Gasteiger partial charge in [-0.25, -0.2) is 0 Å². The lowest BCUT2D eigenvalue weighted by atomic mass is 10.2. The van der Waals surface area contributed by atoms with Crippen LogP contribution in [-0.2, 0) is 11.8 Å². The lowest BCUT2D eigenvalue weighted by Crippen LogP contribution is -2.35. The van der Waals surface area contributed by atoms with Gasteiger partial charge in [-0.1, -0.05) is 25.6 Å². The topological polar surface area (TPSA) is 59.8 Å². The first-order chi connectivity index (χ1) is 9.15. The van der Waals surface area contributed by atoms with E-state index in [1.54, 1.807) is 0 Å². The minimum Gasteiger partial charge on any atom is -0.353 e. The van der Waals surface area contributed by atoms with Crippen molar-refractivity contribution in [3.63, 3.8) is 0 Å². The Kier molecular flexibility index (Phi) is 4.85. The van der Waals surface area contributed by atoms with E-state index in [-0.39, 0.29) is 11.9 Å². The van der Waals surface area contributed by atoms with E-state index >= 15 is 0 Å². The third-order valence-electron chi connectivity index (χ3n) is 3.49. The lowest BCUT2D eigenvalue weighted by molar-refractivity contribution is -0.119. The van der Waals surface area contributed by atoms with Crippen LogP contribution in [0, 0.1) is 0 Å². The quantitative estimate of drug-likeness (QED) is 0.778. The average molecular weight is 282 g/mol. The Hall–Kier alpha value is -1.04. The Bertz CT molecular complexity index is 438. The maximum Gasteiger partial charge on any atom is 0.230 e. The minimum absolute atomic E-state index is 0.0784. The summed E-state index contributed by atoms with van der Waals surface area (Å²) in [5.74, 6) is 2.13. The van der Waals surface area contributed by atoms with Crippen molar-refractivity contribution >= 4 is 17.7 Å². The van der Waals surface area contributed by atoms with Crippen molar-refractivity contribution in [2.24, 2.45) is 7.05 Å². The van der Waals surface area contributed by atoms with E-state index in [0.29, 0.717) is 11.7 Å². The molecule has 1 aromatic heterocycles. The molecule has 2 rings (SSSR count). The van der Waals surface area contributed by atoms with Crippen molar-refractivity contribution in [2.45, 2.75) is 56.6 Å². The average Bonchev–Trinajstić information content (AvgIpc) is 3.18. The molecule has 1 fully saturated rings. The highest BCUT2D eigenvalue weighted by atomic mass is 32.2. The van der Waals surface area contributed by atoms with Crippen molar-refractivity contribution in [1.82, 2.24) is 20.1 Å². The van der Waals surface area contributed by atoms with Crippen LogP contribution in [0.5, 0.6) is 0 Å². The van der Waals surface area contributed by atoms with Gasteiger partial charge in [-0.05, 0) is 25.7 Å². The van der Waals surface area contributed by atoms with Crippen molar-refractivity contribution < 1.29 is 4.79 Å². The number of carbonyl (C=O) groups excluding carboxylic acids is 1. The summed E-state index contributed by atoms with van der Waals surface area (Å²) in [6.45, 7) is 4.18. The molecular weight excluding hydrogens is 260 g/mol. The van der Waals surface area contributed by atoms with Crippen LogP contribution in [0.25, 0.3) is 0 Å². The zero-order valence-electron chi connectivity index (χ0n) is 11.8. The number of rotatable bonds is 7. The molecule has 0 aromatic carbocycles. The van der Waals surface area contributed by atoms with Crippen LogP contribution in [0.3, 0.4) is 0 Å². The van der Waals surface area contributed by atoms with Gasteiger partial charge in [-0.3, -0.25) is 4.79 Å². The van der Waals surface area contributed by atoms with Crippen LogP contribution in [0.4, 0.5) is 0 Å². The maximum atomic E-state index is 11.8. The highest BCUT2D eigenvalue weighted by molar-refractivity contribution is 7.99. The summed E-state index contributed by atoms with van der Waals surface area (Å²) in [7, 11) is 1.98. The van der Waals surface area contributed by atoms with Gasteiger partial charge in [0, 0.05) is 19.0 Å². The number of thioether (sulfide) groups is 1. The van der Waals surface area contributed by atoms with Gasteiger partial charge in [0.05, 0.1) is 5.75 Å². The van der Waals surface area contributed by atoms with E-state index in [9.17, 15) is 4.79 Å². The van der Waals surface area contributed by atoms with Crippen LogP contribution >= 0.6 is 11.8 Å². The lowest BCUT2D eigenvalue weighted by Gasteiger charge is -2.14. The van der Waals surface area contributed by atoms with Crippen LogP contribution in [0.2, 0.25) is 0 Å². The minimum atomic E-state index is 0.0784. The number of nitrogens with zero attached hydrogens (tertiary/aromatic N) is 3. The molecular formula is C13H22N4OS. The molecule has 1 saturated carbocycles. The highest BCUT2D eigenvalue weighted by Gasteiger charge is 2.29. The van der Waals surface area contributed by atoms with Crippen LogP contribution in [-0.4, -0.2) is 32.5 Å². The van der Waals surface area contributed by atoms with Gasteiger partial charge >= 0.3 is 0 Å². The second kappa shape index (κ2) is 6.41. The summed E-state index contributed by atoms with van der Waals surface area (Å²) >= 11 is 1.46. The highest BCUT2D eigenvalue weighted by Crippen LogP contribution is 2.39. The molecule has 0 bridgehead atoms. The molecule has 5 nitrogen and oxygen atoms in total. The van der Waals surface area contributed by atoms with E-state index < -0.39 is 0 Å². The SMILES string of the molecule is CCC(CC)NC(=O)CSc1nnc(C2CC2)n1C. The zero-order chi connectivity index (χ0) is 13.8. The van der Waals surface area contributed by atoms with E-state index in [1.807, 2.05) is 11.6 Å². The Morgan fingerprint density at radius 2 is 2.11 bits per heavy atom. The zero-order valence-corrected chi connectivity index (χ0v) is 12.7. The van der Waals surface area contributed by atoms with Gasteiger partial charge in [-0.15, -0.1) is 10.2 Å².